The van der Waals surface area contributed by atoms with Gasteiger partial charge in [0.25, 0.3) is 0 Å². The maximum Gasteiger partial charge on any atom is 0.321 e. The SMILES string of the molecule is CC(C)(N)c1ccc(-c2cn3cc(F)cc3c(=O)n2OC=O)cc1. The van der Waals surface area contributed by atoms with Crippen molar-refractivity contribution in [2.75, 3.05) is 0 Å². The molecule has 6 nitrogen and oxygen atoms in total. The molecule has 0 fully saturated rings. The van der Waals surface area contributed by atoms with Gasteiger partial charge >= 0.3 is 12.0 Å². The lowest BCUT2D eigenvalue weighted by Gasteiger charge is -2.19. The third kappa shape index (κ3) is 2.69. The first-order chi connectivity index (χ1) is 11.3. The molecule has 7 heteroatoms. The van der Waals surface area contributed by atoms with E-state index in [0.29, 0.717) is 11.3 Å². The Morgan fingerprint density at radius 1 is 1.21 bits per heavy atom. The molecule has 3 aromatic rings. The van der Waals surface area contributed by atoms with Gasteiger partial charge in [-0.25, -0.2) is 4.39 Å². The van der Waals surface area contributed by atoms with Crippen molar-refractivity contribution in [3.8, 4) is 11.3 Å². The number of carbonyl (C=O) groups is 1. The molecule has 0 saturated carbocycles. The van der Waals surface area contributed by atoms with Gasteiger partial charge in [-0.05, 0) is 19.4 Å². The fraction of sp³-hybridized carbons (Fsp3) is 0.176. The Kier molecular flexibility index (Phi) is 3.73. The predicted octanol–water partition coefficient (Wildman–Crippen LogP) is 1.69. The van der Waals surface area contributed by atoms with Crippen molar-refractivity contribution in [3.05, 3.63) is 64.5 Å². The highest BCUT2D eigenvalue weighted by molar-refractivity contribution is 5.62. The Labute approximate surface area is 136 Å². The molecule has 0 bridgehead atoms. The number of hydrogen-bond donors (Lipinski definition) is 1. The van der Waals surface area contributed by atoms with Crippen LogP contribution in [0.2, 0.25) is 0 Å². The van der Waals surface area contributed by atoms with Crippen LogP contribution in [0.4, 0.5) is 4.39 Å². The summed E-state index contributed by atoms with van der Waals surface area (Å²) < 4.78 is 15.6. The Morgan fingerprint density at radius 3 is 2.46 bits per heavy atom. The van der Waals surface area contributed by atoms with E-state index in [-0.39, 0.29) is 12.0 Å². The highest BCUT2D eigenvalue weighted by Crippen LogP contribution is 2.23. The van der Waals surface area contributed by atoms with Gasteiger partial charge in [-0.1, -0.05) is 24.3 Å². The Morgan fingerprint density at radius 2 is 1.88 bits per heavy atom. The highest BCUT2D eigenvalue weighted by Gasteiger charge is 2.17. The van der Waals surface area contributed by atoms with Crippen LogP contribution in [0, 0.1) is 5.82 Å². The van der Waals surface area contributed by atoms with Gasteiger partial charge in [0, 0.05) is 29.6 Å². The first-order valence-corrected chi connectivity index (χ1v) is 7.25. The van der Waals surface area contributed by atoms with E-state index < -0.39 is 16.9 Å². The van der Waals surface area contributed by atoms with E-state index in [4.69, 9.17) is 10.6 Å². The number of fused-ring (bicyclic) bond motifs is 1. The van der Waals surface area contributed by atoms with Gasteiger partial charge in [-0.3, -0.25) is 9.59 Å². The van der Waals surface area contributed by atoms with Crippen LogP contribution in [0.1, 0.15) is 19.4 Å². The highest BCUT2D eigenvalue weighted by atomic mass is 19.1. The number of hydrogen-bond acceptors (Lipinski definition) is 4. The van der Waals surface area contributed by atoms with Gasteiger partial charge in [0.1, 0.15) is 17.0 Å². The normalized spacial score (nSPS) is 11.7. The van der Waals surface area contributed by atoms with E-state index in [1.165, 1.54) is 16.8 Å². The van der Waals surface area contributed by atoms with E-state index in [1.54, 1.807) is 12.1 Å². The average molecular weight is 329 g/mol. The van der Waals surface area contributed by atoms with Crippen LogP contribution in [0.3, 0.4) is 0 Å². The summed E-state index contributed by atoms with van der Waals surface area (Å²) in [6.45, 7) is 3.90. The summed E-state index contributed by atoms with van der Waals surface area (Å²) in [4.78, 5) is 28.0. The van der Waals surface area contributed by atoms with Crippen LogP contribution in [0.15, 0.2) is 47.5 Å². The molecule has 0 saturated heterocycles. The predicted molar refractivity (Wildman–Crippen MR) is 86.9 cm³/mol. The molecule has 124 valence electrons. The zero-order chi connectivity index (χ0) is 17.5. The smallest absolute Gasteiger partial charge is 0.321 e. The van der Waals surface area contributed by atoms with Gasteiger partial charge in [-0.2, -0.15) is 0 Å². The Balaban J connectivity index is 2.22. The number of rotatable bonds is 4. The van der Waals surface area contributed by atoms with Gasteiger partial charge in [0.2, 0.25) is 0 Å². The van der Waals surface area contributed by atoms with Crippen molar-refractivity contribution in [2.45, 2.75) is 19.4 Å². The van der Waals surface area contributed by atoms with Crippen LogP contribution in [0.25, 0.3) is 16.8 Å². The molecule has 0 amide bonds. The number of aromatic nitrogens is 2. The molecular formula is C17H16FN3O3. The molecule has 0 radical (unpaired) electrons. The molecule has 0 aliphatic carbocycles. The minimum absolute atomic E-state index is 0.0674. The second-order valence-electron chi connectivity index (χ2n) is 6.07. The van der Waals surface area contributed by atoms with Crippen molar-refractivity contribution in [1.82, 2.24) is 9.13 Å². The molecule has 2 N–H and O–H groups in total. The van der Waals surface area contributed by atoms with Crippen LogP contribution in [-0.4, -0.2) is 15.6 Å². The molecule has 2 aromatic heterocycles. The lowest BCUT2D eigenvalue weighted by Crippen LogP contribution is -2.29. The molecular weight excluding hydrogens is 313 g/mol. The fourth-order valence-electron chi connectivity index (χ4n) is 2.53. The number of halogens is 1. The van der Waals surface area contributed by atoms with Gasteiger partial charge in [0.05, 0.1) is 0 Å². The van der Waals surface area contributed by atoms with Crippen molar-refractivity contribution in [3.63, 3.8) is 0 Å². The van der Waals surface area contributed by atoms with Crippen molar-refractivity contribution < 1.29 is 14.0 Å². The zero-order valence-electron chi connectivity index (χ0n) is 13.2. The zero-order valence-corrected chi connectivity index (χ0v) is 13.2. The third-order valence-electron chi connectivity index (χ3n) is 3.77. The van der Waals surface area contributed by atoms with Crippen molar-refractivity contribution >= 4 is 12.0 Å². The van der Waals surface area contributed by atoms with Crippen LogP contribution in [0.5, 0.6) is 0 Å². The molecule has 3 rings (SSSR count). The Bertz CT molecular complexity index is 966. The van der Waals surface area contributed by atoms with E-state index in [9.17, 15) is 14.0 Å². The monoisotopic (exact) mass is 329 g/mol. The summed E-state index contributed by atoms with van der Waals surface area (Å²) in [6.07, 6.45) is 2.70. The van der Waals surface area contributed by atoms with E-state index >= 15 is 0 Å². The van der Waals surface area contributed by atoms with Gasteiger partial charge < -0.3 is 15.0 Å². The lowest BCUT2D eigenvalue weighted by molar-refractivity contribution is -0.129. The van der Waals surface area contributed by atoms with Crippen LogP contribution < -0.4 is 16.1 Å². The van der Waals surface area contributed by atoms with Gasteiger partial charge in [-0.15, -0.1) is 4.73 Å². The quantitative estimate of drug-likeness (QED) is 0.739. The maximum absolute atomic E-state index is 13.4. The molecule has 0 unspecified atom stereocenters. The third-order valence-corrected chi connectivity index (χ3v) is 3.77. The Hall–Kier alpha value is -2.93. The standard InChI is InChI=1S/C17H16FN3O3/c1-17(2,19)12-5-3-11(4-6-12)15-9-20-8-13(18)7-14(20)16(23)21(15)24-10-22/h3-10H,19H2,1-2H3. The molecule has 0 aliphatic rings. The van der Waals surface area contributed by atoms with Crippen molar-refractivity contribution in [2.24, 2.45) is 5.73 Å². The molecule has 0 spiro atoms. The topological polar surface area (TPSA) is 78.7 Å². The number of benzene rings is 1. The summed E-state index contributed by atoms with van der Waals surface area (Å²) in [5.41, 5.74) is 6.82. The number of carbonyl (C=O) groups excluding carboxylic acids is 1. The fourth-order valence-corrected chi connectivity index (χ4v) is 2.53. The summed E-state index contributed by atoms with van der Waals surface area (Å²) in [5, 5.41) is 0. The summed E-state index contributed by atoms with van der Waals surface area (Å²) >= 11 is 0. The minimum atomic E-state index is -0.633. The summed E-state index contributed by atoms with van der Waals surface area (Å²) in [7, 11) is 0. The second kappa shape index (κ2) is 5.61. The molecule has 24 heavy (non-hydrogen) atoms. The van der Waals surface area contributed by atoms with Crippen molar-refractivity contribution in [1.29, 1.82) is 0 Å². The molecule has 1 aromatic carbocycles. The minimum Gasteiger partial charge on any atom is -0.336 e. The summed E-state index contributed by atoms with van der Waals surface area (Å²) in [6, 6.07) is 8.25. The average Bonchev–Trinajstić information content (AvgIpc) is 2.90. The second-order valence-corrected chi connectivity index (χ2v) is 6.07. The van der Waals surface area contributed by atoms with E-state index in [2.05, 4.69) is 0 Å². The summed E-state index contributed by atoms with van der Waals surface area (Å²) in [5.74, 6) is -0.554. The largest absolute Gasteiger partial charge is 0.336 e. The van der Waals surface area contributed by atoms with Crippen LogP contribution >= 0.6 is 0 Å². The van der Waals surface area contributed by atoms with Gasteiger partial charge in [0.15, 0.2) is 0 Å². The van der Waals surface area contributed by atoms with E-state index in [1.807, 2.05) is 26.0 Å². The molecule has 0 atom stereocenters. The number of nitrogens with zero attached hydrogens (tertiary/aromatic N) is 2. The molecule has 2 heterocycles. The maximum atomic E-state index is 13.4. The first-order valence-electron chi connectivity index (χ1n) is 7.25. The lowest BCUT2D eigenvalue weighted by atomic mass is 9.94. The first kappa shape index (κ1) is 15.9. The van der Waals surface area contributed by atoms with Crippen LogP contribution in [-0.2, 0) is 10.3 Å². The molecule has 0 aliphatic heterocycles. The van der Waals surface area contributed by atoms with E-state index in [0.717, 1.165) is 16.4 Å². The number of nitrogens with two attached hydrogens (primary N) is 1.